The fraction of sp³-hybridized carbons (Fsp3) is 0.364. The minimum absolute atomic E-state index is 0.0832. The molecule has 1 aliphatic heterocycles. The highest BCUT2D eigenvalue weighted by Crippen LogP contribution is 2.27. The molecule has 0 saturated carbocycles. The molecule has 0 amide bonds. The molecule has 110 valence electrons. The number of benzene rings is 1. The monoisotopic (exact) mass is 309 g/mol. The van der Waals surface area contributed by atoms with Crippen molar-refractivity contribution in [1.82, 2.24) is 4.31 Å². The Hall–Kier alpha value is -1.61. The van der Waals surface area contributed by atoms with Crippen molar-refractivity contribution in [1.29, 1.82) is 0 Å². The van der Waals surface area contributed by atoms with Crippen molar-refractivity contribution in [2.75, 3.05) is 13.1 Å². The Morgan fingerprint density at radius 3 is 2.45 bits per heavy atom. The third-order valence-corrected chi connectivity index (χ3v) is 5.00. The summed E-state index contributed by atoms with van der Waals surface area (Å²) >= 11 is 0. The molecule has 20 heavy (non-hydrogen) atoms. The van der Waals surface area contributed by atoms with Crippen LogP contribution in [0.3, 0.4) is 0 Å². The summed E-state index contributed by atoms with van der Waals surface area (Å²) in [5, 5.41) is 8.80. The van der Waals surface area contributed by atoms with Gasteiger partial charge in [-0.05, 0) is 18.6 Å². The lowest BCUT2D eigenvalue weighted by Crippen LogP contribution is -2.31. The van der Waals surface area contributed by atoms with Gasteiger partial charge in [0.2, 0.25) is 10.0 Å². The highest BCUT2D eigenvalue weighted by Gasteiger charge is 2.37. The van der Waals surface area contributed by atoms with Gasteiger partial charge in [0.1, 0.15) is 4.90 Å². The molecule has 1 saturated heterocycles. The van der Waals surface area contributed by atoms with Crippen molar-refractivity contribution in [3.8, 4) is 0 Å². The highest BCUT2D eigenvalue weighted by atomic mass is 32.2. The molecular weight excluding hydrogens is 299 g/mol. The first-order valence-electron chi connectivity index (χ1n) is 5.61. The Morgan fingerprint density at radius 1 is 1.25 bits per heavy atom. The Balaban J connectivity index is 2.38. The van der Waals surface area contributed by atoms with Crippen molar-refractivity contribution < 1.29 is 31.5 Å². The van der Waals surface area contributed by atoms with Crippen LogP contribution in [0.15, 0.2) is 17.0 Å². The van der Waals surface area contributed by atoms with E-state index < -0.39 is 44.3 Å². The van der Waals surface area contributed by atoms with E-state index in [2.05, 4.69) is 0 Å². The van der Waals surface area contributed by atoms with Gasteiger partial charge in [-0.15, -0.1) is 0 Å². The van der Waals surface area contributed by atoms with Gasteiger partial charge in [-0.25, -0.2) is 21.6 Å². The topological polar surface area (TPSA) is 74.7 Å². The van der Waals surface area contributed by atoms with Gasteiger partial charge < -0.3 is 5.11 Å². The van der Waals surface area contributed by atoms with Gasteiger partial charge in [0.05, 0.1) is 5.92 Å². The lowest BCUT2D eigenvalue weighted by atomic mass is 10.1. The maximum atomic E-state index is 13.5. The molecule has 0 spiro atoms. The highest BCUT2D eigenvalue weighted by molar-refractivity contribution is 7.89. The van der Waals surface area contributed by atoms with Gasteiger partial charge in [0, 0.05) is 13.1 Å². The van der Waals surface area contributed by atoms with E-state index in [9.17, 15) is 26.4 Å². The lowest BCUT2D eigenvalue weighted by Gasteiger charge is -2.16. The molecule has 2 rings (SSSR count). The largest absolute Gasteiger partial charge is 0.481 e. The number of nitrogens with zero attached hydrogens (tertiary/aromatic N) is 1. The van der Waals surface area contributed by atoms with E-state index in [4.69, 9.17) is 5.11 Å². The van der Waals surface area contributed by atoms with Crippen molar-refractivity contribution >= 4 is 16.0 Å². The van der Waals surface area contributed by atoms with Crippen LogP contribution in [0, 0.1) is 23.4 Å². The summed E-state index contributed by atoms with van der Waals surface area (Å²) in [5.74, 6) is -7.22. The fourth-order valence-electron chi connectivity index (χ4n) is 1.99. The molecule has 1 aliphatic rings. The predicted octanol–water partition coefficient (Wildman–Crippen LogP) is 1.20. The normalized spacial score (nSPS) is 20.2. The van der Waals surface area contributed by atoms with E-state index in [1.807, 2.05) is 0 Å². The van der Waals surface area contributed by atoms with Gasteiger partial charge in [0.15, 0.2) is 17.5 Å². The van der Waals surface area contributed by atoms with E-state index in [1.54, 1.807) is 0 Å². The first kappa shape index (κ1) is 14.8. The lowest BCUT2D eigenvalue weighted by molar-refractivity contribution is -0.141. The Morgan fingerprint density at radius 2 is 1.90 bits per heavy atom. The first-order chi connectivity index (χ1) is 9.25. The summed E-state index contributed by atoms with van der Waals surface area (Å²) in [6.45, 7) is -0.437. The van der Waals surface area contributed by atoms with Gasteiger partial charge in [-0.3, -0.25) is 4.79 Å². The minimum atomic E-state index is -4.39. The summed E-state index contributed by atoms with van der Waals surface area (Å²) in [7, 11) is -4.39. The number of aliphatic carboxylic acids is 1. The summed E-state index contributed by atoms with van der Waals surface area (Å²) in [6, 6.07) is 1.13. The van der Waals surface area contributed by atoms with Crippen LogP contribution in [0.5, 0.6) is 0 Å². The van der Waals surface area contributed by atoms with E-state index in [0.29, 0.717) is 12.1 Å². The maximum Gasteiger partial charge on any atom is 0.307 e. The minimum Gasteiger partial charge on any atom is -0.481 e. The number of carboxylic acids is 1. The Kier molecular flexibility index (Phi) is 3.74. The fourth-order valence-corrected chi connectivity index (χ4v) is 3.55. The van der Waals surface area contributed by atoms with Crippen LogP contribution < -0.4 is 0 Å². The number of halogens is 3. The van der Waals surface area contributed by atoms with E-state index in [-0.39, 0.29) is 19.5 Å². The van der Waals surface area contributed by atoms with Crippen molar-refractivity contribution in [3.63, 3.8) is 0 Å². The number of carboxylic acid groups (broad SMARTS) is 1. The molecule has 1 aromatic rings. The smallest absolute Gasteiger partial charge is 0.307 e. The van der Waals surface area contributed by atoms with Crippen molar-refractivity contribution in [2.24, 2.45) is 5.92 Å². The van der Waals surface area contributed by atoms with Crippen LogP contribution >= 0.6 is 0 Å². The second-order valence-corrected chi connectivity index (χ2v) is 6.27. The third-order valence-electron chi connectivity index (χ3n) is 3.12. The molecule has 1 atom stereocenters. The quantitative estimate of drug-likeness (QED) is 0.851. The van der Waals surface area contributed by atoms with E-state index >= 15 is 0 Å². The summed E-state index contributed by atoms with van der Waals surface area (Å²) in [5.41, 5.74) is 0. The first-order valence-corrected chi connectivity index (χ1v) is 7.05. The summed E-state index contributed by atoms with van der Waals surface area (Å²) in [4.78, 5) is 9.77. The molecule has 0 unspecified atom stereocenters. The SMILES string of the molecule is O=C(O)[C@@H]1CCN(S(=O)(=O)c2ccc(F)c(F)c2F)C1. The van der Waals surface area contributed by atoms with Crippen LogP contribution in [0.1, 0.15) is 6.42 Å². The molecule has 1 N–H and O–H groups in total. The zero-order valence-electron chi connectivity index (χ0n) is 10.0. The molecule has 0 radical (unpaired) electrons. The van der Waals surface area contributed by atoms with Crippen LogP contribution in [0.4, 0.5) is 13.2 Å². The second kappa shape index (κ2) is 5.06. The number of hydrogen-bond acceptors (Lipinski definition) is 3. The molecule has 9 heteroatoms. The van der Waals surface area contributed by atoms with Gasteiger partial charge in [0.25, 0.3) is 0 Å². The average Bonchev–Trinajstić information content (AvgIpc) is 2.86. The maximum absolute atomic E-state index is 13.5. The molecule has 1 heterocycles. The predicted molar refractivity (Wildman–Crippen MR) is 60.8 cm³/mol. The van der Waals surface area contributed by atoms with Crippen LogP contribution in [0.2, 0.25) is 0 Å². The zero-order valence-corrected chi connectivity index (χ0v) is 10.8. The van der Waals surface area contributed by atoms with Crippen LogP contribution in [0.25, 0.3) is 0 Å². The zero-order chi connectivity index (χ0) is 15.1. The van der Waals surface area contributed by atoms with Gasteiger partial charge in [-0.2, -0.15) is 4.31 Å². The Labute approximate surface area is 112 Å². The standard InChI is InChI=1S/C11H10F3NO4S/c12-7-1-2-8(10(14)9(7)13)20(18,19)15-4-3-6(5-15)11(16)17/h1-2,6H,3-5H2,(H,16,17)/t6-/m1/s1. The number of carbonyl (C=O) groups is 1. The van der Waals surface area contributed by atoms with Crippen LogP contribution in [-0.4, -0.2) is 36.9 Å². The molecule has 5 nitrogen and oxygen atoms in total. The number of sulfonamides is 1. The number of hydrogen-bond donors (Lipinski definition) is 1. The van der Waals surface area contributed by atoms with Gasteiger partial charge >= 0.3 is 5.97 Å². The molecule has 0 aromatic heterocycles. The summed E-state index contributed by atoms with van der Waals surface area (Å²) < 4.78 is 64.3. The van der Waals surface area contributed by atoms with Crippen molar-refractivity contribution in [3.05, 3.63) is 29.6 Å². The molecule has 0 bridgehead atoms. The van der Waals surface area contributed by atoms with Crippen LogP contribution in [-0.2, 0) is 14.8 Å². The van der Waals surface area contributed by atoms with E-state index in [0.717, 1.165) is 4.31 Å². The van der Waals surface area contributed by atoms with Gasteiger partial charge in [-0.1, -0.05) is 0 Å². The summed E-state index contributed by atoms with van der Waals surface area (Å²) in [6.07, 6.45) is 0.0832. The third kappa shape index (κ3) is 2.38. The van der Waals surface area contributed by atoms with E-state index in [1.165, 1.54) is 0 Å². The molecule has 1 fully saturated rings. The average molecular weight is 309 g/mol. The Bertz CT molecular complexity index is 662. The molecule has 1 aromatic carbocycles. The second-order valence-electron chi connectivity index (χ2n) is 4.36. The molecule has 0 aliphatic carbocycles. The molecular formula is C11H10F3NO4S. The number of rotatable bonds is 3. The van der Waals surface area contributed by atoms with Crippen molar-refractivity contribution in [2.45, 2.75) is 11.3 Å².